The molecule has 7 rings (SSSR count). The number of nitrogens with one attached hydrogen (secondary N) is 1. The molecule has 0 saturated carbocycles. The average Bonchev–Trinajstić information content (AvgIpc) is 3.58. The second-order valence-corrected chi connectivity index (χ2v) is 13.2. The van der Waals surface area contributed by atoms with Crippen molar-refractivity contribution >= 4 is 29.3 Å². The van der Waals surface area contributed by atoms with Gasteiger partial charge in [-0.15, -0.1) is 12.4 Å². The number of benzene rings is 5. The fourth-order valence-electron chi connectivity index (χ4n) is 6.33. The SMILES string of the molecule is CC(C)(OC(=O)c1ccccc1)C1Cc2cc3ccc(=O)oc3cc2O1.CC(NCCC(c1ccccc1)c1ccccc1)c1ccccc1.Cl. The normalized spacial score (nSPS) is 14.0. The molecule has 262 valence electrons. The number of hydrogen-bond acceptors (Lipinski definition) is 6. The Labute approximate surface area is 305 Å². The van der Waals surface area contributed by atoms with Gasteiger partial charge in [0.15, 0.2) is 0 Å². The number of esters is 1. The van der Waals surface area contributed by atoms with Crippen LogP contribution in [0.25, 0.3) is 11.0 Å². The summed E-state index contributed by atoms with van der Waals surface area (Å²) in [4.78, 5) is 23.8. The molecule has 0 saturated heterocycles. The molecular formula is C44H44ClNO5. The summed E-state index contributed by atoms with van der Waals surface area (Å²) in [5.41, 5.74) is 4.88. The molecule has 2 unspecified atom stereocenters. The quantitative estimate of drug-likeness (QED) is 0.113. The Balaban J connectivity index is 0.000000195. The van der Waals surface area contributed by atoms with Gasteiger partial charge in [-0.05, 0) is 80.3 Å². The van der Waals surface area contributed by atoms with Gasteiger partial charge in [0.25, 0.3) is 0 Å². The summed E-state index contributed by atoms with van der Waals surface area (Å²) in [6.07, 6.45) is 1.37. The fraction of sp³-hybridized carbons (Fsp3) is 0.227. The van der Waals surface area contributed by atoms with E-state index >= 15 is 0 Å². The Bertz CT molecular complexity index is 2010. The Morgan fingerprint density at radius 3 is 1.92 bits per heavy atom. The first-order valence-corrected chi connectivity index (χ1v) is 17.2. The van der Waals surface area contributed by atoms with Crippen molar-refractivity contribution in [3.63, 3.8) is 0 Å². The first-order chi connectivity index (χ1) is 24.3. The van der Waals surface area contributed by atoms with Gasteiger partial charge in [-0.25, -0.2) is 9.59 Å². The molecule has 7 heteroatoms. The van der Waals surface area contributed by atoms with Gasteiger partial charge < -0.3 is 19.2 Å². The molecule has 1 aliphatic rings. The number of halogens is 1. The van der Waals surface area contributed by atoms with Crippen molar-refractivity contribution in [1.82, 2.24) is 5.32 Å². The Morgan fingerprint density at radius 2 is 1.33 bits per heavy atom. The zero-order chi connectivity index (χ0) is 34.9. The minimum Gasteiger partial charge on any atom is -0.485 e. The molecular weight excluding hydrogens is 658 g/mol. The monoisotopic (exact) mass is 701 g/mol. The highest BCUT2D eigenvalue weighted by Crippen LogP contribution is 2.37. The van der Waals surface area contributed by atoms with Gasteiger partial charge in [-0.3, -0.25) is 0 Å². The van der Waals surface area contributed by atoms with Crippen molar-refractivity contribution in [1.29, 1.82) is 0 Å². The standard InChI is InChI=1S/C23H25N.C21H18O5.ClH/c1-19(20-11-5-2-6-12-20)24-18-17-23(21-13-7-3-8-14-21)22-15-9-4-10-16-22;1-21(2,26-20(23)13-6-4-3-5-7-13)18-11-15-10-14-8-9-19(22)25-16(14)12-17(15)24-18;/h2-16,19,23-24H,17-18H2,1H3;3-10,12,18H,11H2,1-2H3;1H. The van der Waals surface area contributed by atoms with Gasteiger partial charge in [0.05, 0.1) is 5.56 Å². The van der Waals surface area contributed by atoms with Crippen molar-refractivity contribution in [3.8, 4) is 5.75 Å². The van der Waals surface area contributed by atoms with Crippen LogP contribution in [0.5, 0.6) is 5.75 Å². The third kappa shape index (κ3) is 9.54. The maximum Gasteiger partial charge on any atom is 0.338 e. The van der Waals surface area contributed by atoms with Gasteiger partial charge in [-0.2, -0.15) is 0 Å². The molecule has 1 aromatic heterocycles. The summed E-state index contributed by atoms with van der Waals surface area (Å²) in [6.45, 7) is 6.90. The lowest BCUT2D eigenvalue weighted by Crippen LogP contribution is -2.43. The zero-order valence-corrected chi connectivity index (χ0v) is 30.0. The number of hydrogen-bond donors (Lipinski definition) is 1. The number of fused-ring (bicyclic) bond motifs is 2. The van der Waals surface area contributed by atoms with Crippen molar-refractivity contribution in [2.75, 3.05) is 6.54 Å². The smallest absolute Gasteiger partial charge is 0.338 e. The van der Waals surface area contributed by atoms with E-state index in [0.29, 0.717) is 35.3 Å². The van der Waals surface area contributed by atoms with E-state index in [1.165, 1.54) is 22.8 Å². The number of ether oxygens (including phenoxy) is 2. The second kappa shape index (κ2) is 17.2. The van der Waals surface area contributed by atoms with Crippen molar-refractivity contribution in [2.24, 2.45) is 0 Å². The maximum absolute atomic E-state index is 12.4. The molecule has 0 fully saturated rings. The molecule has 0 spiro atoms. The molecule has 51 heavy (non-hydrogen) atoms. The van der Waals surface area contributed by atoms with Crippen LogP contribution in [0.15, 0.2) is 155 Å². The lowest BCUT2D eigenvalue weighted by molar-refractivity contribution is -0.0517. The first kappa shape index (κ1) is 37.1. The van der Waals surface area contributed by atoms with Crippen LogP contribution in [0.2, 0.25) is 0 Å². The summed E-state index contributed by atoms with van der Waals surface area (Å²) in [5, 5.41) is 4.51. The third-order valence-corrected chi connectivity index (χ3v) is 9.20. The molecule has 2 heterocycles. The van der Waals surface area contributed by atoms with E-state index in [1.54, 1.807) is 36.4 Å². The minimum atomic E-state index is -0.820. The van der Waals surface area contributed by atoms with Crippen LogP contribution in [-0.4, -0.2) is 24.2 Å². The van der Waals surface area contributed by atoms with E-state index in [-0.39, 0.29) is 24.5 Å². The molecule has 2 atom stereocenters. The predicted molar refractivity (Wildman–Crippen MR) is 206 cm³/mol. The van der Waals surface area contributed by atoms with Crippen molar-refractivity contribution in [2.45, 2.75) is 57.3 Å². The average molecular weight is 702 g/mol. The van der Waals surface area contributed by atoms with Crippen LogP contribution in [-0.2, 0) is 11.2 Å². The molecule has 0 radical (unpaired) electrons. The summed E-state index contributed by atoms with van der Waals surface area (Å²) in [5.74, 6) is 0.704. The molecule has 0 bridgehead atoms. The van der Waals surface area contributed by atoms with Gasteiger partial charge in [0.1, 0.15) is 23.0 Å². The Hall–Kier alpha value is -5.17. The highest BCUT2D eigenvalue weighted by molar-refractivity contribution is 5.89. The van der Waals surface area contributed by atoms with Gasteiger partial charge in [0.2, 0.25) is 0 Å². The predicted octanol–water partition coefficient (Wildman–Crippen LogP) is 9.71. The van der Waals surface area contributed by atoms with Crippen molar-refractivity contribution in [3.05, 3.63) is 184 Å². The Morgan fingerprint density at radius 1 is 0.784 bits per heavy atom. The molecule has 0 aliphatic carbocycles. The maximum atomic E-state index is 12.4. The van der Waals surface area contributed by atoms with Crippen LogP contribution >= 0.6 is 12.4 Å². The van der Waals surface area contributed by atoms with E-state index in [1.807, 2.05) is 26.0 Å². The minimum absolute atomic E-state index is 0. The summed E-state index contributed by atoms with van der Waals surface area (Å²) >= 11 is 0. The number of carbonyl (C=O) groups excluding carboxylic acids is 1. The van der Waals surface area contributed by atoms with Gasteiger partial charge in [0, 0.05) is 35.9 Å². The number of carbonyl (C=O) groups is 1. The largest absolute Gasteiger partial charge is 0.485 e. The topological polar surface area (TPSA) is 77.8 Å². The van der Waals surface area contributed by atoms with E-state index in [0.717, 1.165) is 23.9 Å². The molecule has 6 nitrogen and oxygen atoms in total. The highest BCUT2D eigenvalue weighted by atomic mass is 35.5. The van der Waals surface area contributed by atoms with E-state index in [2.05, 4.69) is 103 Å². The van der Waals surface area contributed by atoms with Crippen LogP contribution < -0.4 is 15.7 Å². The second-order valence-electron chi connectivity index (χ2n) is 13.2. The van der Waals surface area contributed by atoms with Crippen LogP contribution in [0.3, 0.4) is 0 Å². The Kier molecular flexibility index (Phi) is 12.5. The van der Waals surface area contributed by atoms with Gasteiger partial charge >= 0.3 is 11.6 Å². The summed E-state index contributed by atoms with van der Waals surface area (Å²) in [7, 11) is 0. The van der Waals surface area contributed by atoms with Gasteiger partial charge in [-0.1, -0.05) is 109 Å². The summed E-state index contributed by atoms with van der Waals surface area (Å²) < 4.78 is 16.9. The molecule has 0 amide bonds. The fourth-order valence-corrected chi connectivity index (χ4v) is 6.33. The van der Waals surface area contributed by atoms with Crippen LogP contribution in [0.4, 0.5) is 0 Å². The van der Waals surface area contributed by atoms with Crippen LogP contribution in [0, 0.1) is 0 Å². The van der Waals surface area contributed by atoms with Crippen molar-refractivity contribution < 1.29 is 18.7 Å². The zero-order valence-electron chi connectivity index (χ0n) is 29.2. The third-order valence-electron chi connectivity index (χ3n) is 9.20. The van der Waals surface area contributed by atoms with Crippen LogP contribution in [0.1, 0.15) is 71.8 Å². The molecule has 1 N–H and O–H groups in total. The highest BCUT2D eigenvalue weighted by Gasteiger charge is 2.40. The molecule has 6 aromatic rings. The molecule has 1 aliphatic heterocycles. The van der Waals surface area contributed by atoms with E-state index < -0.39 is 11.2 Å². The number of rotatable bonds is 10. The van der Waals surface area contributed by atoms with E-state index in [9.17, 15) is 9.59 Å². The first-order valence-electron chi connectivity index (χ1n) is 17.2. The lowest BCUT2D eigenvalue weighted by atomic mass is 9.88. The van der Waals surface area contributed by atoms with E-state index in [4.69, 9.17) is 13.9 Å². The molecule has 5 aromatic carbocycles. The summed E-state index contributed by atoms with van der Waals surface area (Å²) in [6, 6.07) is 48.3. The lowest BCUT2D eigenvalue weighted by Gasteiger charge is -2.30.